The lowest BCUT2D eigenvalue weighted by Gasteiger charge is -2.04. The van der Waals surface area contributed by atoms with Crippen LogP contribution in [0.3, 0.4) is 0 Å². The lowest BCUT2D eigenvalue weighted by atomic mass is 10.2. The normalized spacial score (nSPS) is 10.8. The highest BCUT2D eigenvalue weighted by molar-refractivity contribution is 7.16. The summed E-state index contributed by atoms with van der Waals surface area (Å²) in [6.07, 6.45) is 0. The van der Waals surface area contributed by atoms with Crippen LogP contribution in [-0.2, 0) is 7.05 Å². The number of thiazole rings is 1. The van der Waals surface area contributed by atoms with Gasteiger partial charge in [-0.3, -0.25) is 5.41 Å². The van der Waals surface area contributed by atoms with E-state index in [0.29, 0.717) is 4.80 Å². The molecule has 3 nitrogen and oxygen atoms in total. The predicted octanol–water partition coefficient (Wildman–Crippen LogP) is 2.04. The molecule has 0 saturated heterocycles. The maximum Gasteiger partial charge on any atom is 0.182 e. The predicted molar refractivity (Wildman–Crippen MR) is 57.9 cm³/mol. The Hall–Kier alpha value is -1.29. The number of benzene rings is 1. The minimum absolute atomic E-state index is 0.549. The number of aromatic nitrogens is 1. The third-order valence-electron chi connectivity index (χ3n) is 2.35. The van der Waals surface area contributed by atoms with Gasteiger partial charge in [0.2, 0.25) is 0 Å². The molecule has 1 aromatic heterocycles. The average Bonchev–Trinajstić information content (AvgIpc) is 2.47. The van der Waals surface area contributed by atoms with Crippen molar-refractivity contribution in [2.24, 2.45) is 7.05 Å². The molecule has 0 atom stereocenters. The van der Waals surface area contributed by atoms with E-state index in [0.717, 1.165) is 16.0 Å². The first kappa shape index (κ1) is 9.27. The fourth-order valence-electron chi connectivity index (χ4n) is 1.53. The van der Waals surface area contributed by atoms with Crippen LogP contribution in [0.2, 0.25) is 0 Å². The number of hydrogen-bond acceptors (Lipinski definition) is 3. The molecule has 74 valence electrons. The highest BCUT2D eigenvalue weighted by atomic mass is 32.1. The lowest BCUT2D eigenvalue weighted by Crippen LogP contribution is -2.07. The number of hydrogen-bond donors (Lipinski definition) is 1. The Morgan fingerprint density at radius 3 is 2.79 bits per heavy atom. The molecule has 0 amide bonds. The Labute approximate surface area is 86.1 Å². The van der Waals surface area contributed by atoms with E-state index in [2.05, 4.69) is 6.92 Å². The fraction of sp³-hybridized carbons (Fsp3) is 0.300. The zero-order valence-corrected chi connectivity index (χ0v) is 9.23. The van der Waals surface area contributed by atoms with E-state index in [1.54, 1.807) is 7.11 Å². The Bertz CT molecular complexity index is 539. The van der Waals surface area contributed by atoms with Crippen LogP contribution in [0.1, 0.15) is 5.56 Å². The van der Waals surface area contributed by atoms with Gasteiger partial charge >= 0.3 is 0 Å². The van der Waals surface area contributed by atoms with Crippen LogP contribution in [0.25, 0.3) is 10.2 Å². The molecule has 0 aliphatic rings. The summed E-state index contributed by atoms with van der Waals surface area (Å²) in [5, 5.41) is 7.74. The van der Waals surface area contributed by atoms with E-state index in [9.17, 15) is 0 Å². The Balaban J connectivity index is 3.00. The van der Waals surface area contributed by atoms with Crippen LogP contribution in [-0.4, -0.2) is 11.7 Å². The van der Waals surface area contributed by atoms with E-state index in [-0.39, 0.29) is 0 Å². The SMILES string of the molecule is COc1ccc(C)c2sc(=N)n(C)c12. The minimum atomic E-state index is 0.549. The summed E-state index contributed by atoms with van der Waals surface area (Å²) in [7, 11) is 3.55. The maximum atomic E-state index is 7.74. The van der Waals surface area contributed by atoms with Crippen LogP contribution in [0.5, 0.6) is 5.75 Å². The summed E-state index contributed by atoms with van der Waals surface area (Å²) in [6.45, 7) is 2.05. The first-order valence-electron chi connectivity index (χ1n) is 4.33. The molecule has 2 rings (SSSR count). The van der Waals surface area contributed by atoms with E-state index >= 15 is 0 Å². The summed E-state index contributed by atoms with van der Waals surface area (Å²) < 4.78 is 8.27. The van der Waals surface area contributed by atoms with Gasteiger partial charge in [0.05, 0.1) is 11.8 Å². The van der Waals surface area contributed by atoms with Gasteiger partial charge in [-0.1, -0.05) is 17.4 Å². The first-order chi connectivity index (χ1) is 6.65. The van der Waals surface area contributed by atoms with Crippen LogP contribution in [0.4, 0.5) is 0 Å². The van der Waals surface area contributed by atoms with Gasteiger partial charge in [-0.05, 0) is 18.6 Å². The molecular weight excluding hydrogens is 196 g/mol. The van der Waals surface area contributed by atoms with Gasteiger partial charge in [-0.2, -0.15) is 0 Å². The molecule has 0 unspecified atom stereocenters. The monoisotopic (exact) mass is 208 g/mol. The highest BCUT2D eigenvalue weighted by Gasteiger charge is 2.09. The number of fused-ring (bicyclic) bond motifs is 1. The van der Waals surface area contributed by atoms with E-state index in [1.807, 2.05) is 23.7 Å². The van der Waals surface area contributed by atoms with Crippen LogP contribution in [0, 0.1) is 12.3 Å². The molecule has 0 aliphatic carbocycles. The quantitative estimate of drug-likeness (QED) is 0.765. The number of aryl methyl sites for hydroxylation is 2. The molecule has 1 aromatic carbocycles. The second-order valence-corrected chi connectivity index (χ2v) is 4.23. The van der Waals surface area contributed by atoms with Crippen molar-refractivity contribution in [2.45, 2.75) is 6.92 Å². The third-order valence-corrected chi connectivity index (χ3v) is 3.54. The van der Waals surface area contributed by atoms with Crippen molar-refractivity contribution in [3.05, 3.63) is 22.5 Å². The van der Waals surface area contributed by atoms with Crippen LogP contribution in [0.15, 0.2) is 12.1 Å². The maximum absolute atomic E-state index is 7.74. The first-order valence-corrected chi connectivity index (χ1v) is 5.14. The molecule has 0 saturated carbocycles. The van der Waals surface area contributed by atoms with Crippen molar-refractivity contribution >= 4 is 21.6 Å². The number of nitrogens with zero attached hydrogens (tertiary/aromatic N) is 1. The molecule has 14 heavy (non-hydrogen) atoms. The van der Waals surface area contributed by atoms with Crippen molar-refractivity contribution in [3.63, 3.8) is 0 Å². The van der Waals surface area contributed by atoms with Crippen molar-refractivity contribution < 1.29 is 4.74 Å². The van der Waals surface area contributed by atoms with Crippen LogP contribution < -0.4 is 9.54 Å². The van der Waals surface area contributed by atoms with Gasteiger partial charge in [0.15, 0.2) is 4.80 Å². The molecule has 1 heterocycles. The van der Waals surface area contributed by atoms with Gasteiger partial charge < -0.3 is 9.30 Å². The number of rotatable bonds is 1. The van der Waals surface area contributed by atoms with Crippen LogP contribution >= 0.6 is 11.3 Å². The highest BCUT2D eigenvalue weighted by Crippen LogP contribution is 2.29. The summed E-state index contributed by atoms with van der Waals surface area (Å²) >= 11 is 1.48. The summed E-state index contributed by atoms with van der Waals surface area (Å²) in [4.78, 5) is 0.549. The molecule has 0 fully saturated rings. The molecule has 0 spiro atoms. The molecule has 0 bridgehead atoms. The molecule has 0 radical (unpaired) electrons. The summed E-state index contributed by atoms with van der Waals surface area (Å²) in [5.41, 5.74) is 2.21. The number of nitrogens with one attached hydrogen (secondary N) is 1. The molecule has 1 N–H and O–H groups in total. The lowest BCUT2D eigenvalue weighted by molar-refractivity contribution is 0.417. The minimum Gasteiger partial charge on any atom is -0.495 e. The summed E-state index contributed by atoms with van der Waals surface area (Å²) in [5.74, 6) is 0.836. The van der Waals surface area contributed by atoms with Crippen molar-refractivity contribution in [1.82, 2.24) is 4.57 Å². The van der Waals surface area contributed by atoms with Crippen molar-refractivity contribution in [1.29, 1.82) is 5.41 Å². The Morgan fingerprint density at radius 1 is 1.43 bits per heavy atom. The second-order valence-electron chi connectivity index (χ2n) is 3.23. The second kappa shape index (κ2) is 3.13. The van der Waals surface area contributed by atoms with Gasteiger partial charge in [0.1, 0.15) is 11.3 Å². The molecule has 0 aliphatic heterocycles. The number of ether oxygens (including phenoxy) is 1. The Kier molecular flexibility index (Phi) is 2.07. The zero-order chi connectivity index (χ0) is 10.3. The van der Waals surface area contributed by atoms with Crippen molar-refractivity contribution in [3.8, 4) is 5.75 Å². The van der Waals surface area contributed by atoms with Gasteiger partial charge in [0, 0.05) is 7.05 Å². The van der Waals surface area contributed by atoms with Gasteiger partial charge in [0.25, 0.3) is 0 Å². The zero-order valence-electron chi connectivity index (χ0n) is 8.42. The standard InChI is InChI=1S/C10H12N2OS/c1-6-4-5-7(13-3)8-9(6)14-10(11)12(8)2/h4-5,11H,1-3H3. The number of methoxy groups -OCH3 is 1. The summed E-state index contributed by atoms with van der Waals surface area (Å²) in [6, 6.07) is 3.97. The molecule has 2 aromatic rings. The topological polar surface area (TPSA) is 38.0 Å². The van der Waals surface area contributed by atoms with E-state index in [1.165, 1.54) is 16.9 Å². The smallest absolute Gasteiger partial charge is 0.182 e. The van der Waals surface area contributed by atoms with Gasteiger partial charge in [-0.15, -0.1) is 0 Å². The van der Waals surface area contributed by atoms with E-state index < -0.39 is 0 Å². The fourth-order valence-corrected chi connectivity index (χ4v) is 2.52. The average molecular weight is 208 g/mol. The van der Waals surface area contributed by atoms with Gasteiger partial charge in [-0.25, -0.2) is 0 Å². The van der Waals surface area contributed by atoms with Crippen molar-refractivity contribution in [2.75, 3.05) is 7.11 Å². The third kappa shape index (κ3) is 1.14. The largest absolute Gasteiger partial charge is 0.495 e. The molecular formula is C10H12N2OS. The Morgan fingerprint density at radius 2 is 2.14 bits per heavy atom. The van der Waals surface area contributed by atoms with E-state index in [4.69, 9.17) is 10.1 Å². The molecule has 4 heteroatoms.